The SMILES string of the molecule is CC(=O)c1cccc(S(=O)(=O)N2CCN(C(=O)c3sc4nc(C)cc(C)c4c3C)CC2)c1. The van der Waals surface area contributed by atoms with Crippen molar-refractivity contribution in [1.29, 1.82) is 0 Å². The molecule has 0 bridgehead atoms. The fourth-order valence-electron chi connectivity index (χ4n) is 4.12. The summed E-state index contributed by atoms with van der Waals surface area (Å²) in [4.78, 5) is 32.8. The molecular weight excluding hydrogens is 446 g/mol. The molecule has 1 aliphatic heterocycles. The summed E-state index contributed by atoms with van der Waals surface area (Å²) < 4.78 is 27.5. The molecule has 0 radical (unpaired) electrons. The van der Waals surface area contributed by atoms with Crippen LogP contribution in [0.3, 0.4) is 0 Å². The van der Waals surface area contributed by atoms with Crippen molar-refractivity contribution in [2.45, 2.75) is 32.6 Å². The van der Waals surface area contributed by atoms with E-state index in [9.17, 15) is 18.0 Å². The molecule has 0 spiro atoms. The molecule has 7 nitrogen and oxygen atoms in total. The molecule has 1 fully saturated rings. The molecule has 0 saturated carbocycles. The van der Waals surface area contributed by atoms with E-state index >= 15 is 0 Å². The molecule has 3 aromatic rings. The summed E-state index contributed by atoms with van der Waals surface area (Å²) in [6, 6.07) is 8.10. The summed E-state index contributed by atoms with van der Waals surface area (Å²) in [5.41, 5.74) is 3.31. The highest BCUT2D eigenvalue weighted by molar-refractivity contribution is 7.89. The van der Waals surface area contributed by atoms with Crippen LogP contribution in [0, 0.1) is 20.8 Å². The average Bonchev–Trinajstić information content (AvgIpc) is 3.09. The third kappa shape index (κ3) is 3.96. The van der Waals surface area contributed by atoms with Crippen molar-refractivity contribution in [3.63, 3.8) is 0 Å². The summed E-state index contributed by atoms with van der Waals surface area (Å²) >= 11 is 1.40. The number of Topliss-reactive ketones (excluding diaryl/α,β-unsaturated/α-hetero) is 1. The second kappa shape index (κ2) is 8.38. The predicted molar refractivity (Wildman–Crippen MR) is 125 cm³/mol. The highest BCUT2D eigenvalue weighted by Gasteiger charge is 2.32. The number of sulfonamides is 1. The Hall–Kier alpha value is -2.62. The lowest BCUT2D eigenvalue weighted by Crippen LogP contribution is -2.50. The summed E-state index contributed by atoms with van der Waals surface area (Å²) in [6.45, 7) is 8.35. The third-order valence-electron chi connectivity index (χ3n) is 5.82. The van der Waals surface area contributed by atoms with E-state index < -0.39 is 10.0 Å². The van der Waals surface area contributed by atoms with E-state index in [0.29, 0.717) is 23.5 Å². The van der Waals surface area contributed by atoms with Gasteiger partial charge in [0, 0.05) is 42.8 Å². The van der Waals surface area contributed by atoms with Crippen LogP contribution in [0.5, 0.6) is 0 Å². The smallest absolute Gasteiger partial charge is 0.264 e. The molecule has 0 aliphatic carbocycles. The molecule has 0 unspecified atom stereocenters. The molecule has 1 amide bonds. The van der Waals surface area contributed by atoms with Gasteiger partial charge in [0.2, 0.25) is 10.0 Å². The zero-order valence-corrected chi connectivity index (χ0v) is 20.1. The molecule has 0 N–H and O–H groups in total. The van der Waals surface area contributed by atoms with Gasteiger partial charge in [-0.2, -0.15) is 4.31 Å². The van der Waals surface area contributed by atoms with E-state index in [0.717, 1.165) is 27.0 Å². The van der Waals surface area contributed by atoms with Gasteiger partial charge in [0.1, 0.15) is 4.83 Å². The van der Waals surface area contributed by atoms with Gasteiger partial charge in [-0.3, -0.25) is 9.59 Å². The third-order valence-corrected chi connectivity index (χ3v) is 8.89. The normalized spacial score (nSPS) is 15.3. The monoisotopic (exact) mass is 471 g/mol. The van der Waals surface area contributed by atoms with Crippen molar-refractivity contribution in [3.8, 4) is 0 Å². The average molecular weight is 472 g/mol. The molecule has 9 heteroatoms. The Morgan fingerprint density at radius 2 is 1.72 bits per heavy atom. The number of ketones is 1. The summed E-state index contributed by atoms with van der Waals surface area (Å²) in [5.74, 6) is -0.269. The number of aromatic nitrogens is 1. The van der Waals surface area contributed by atoms with Gasteiger partial charge in [-0.1, -0.05) is 12.1 Å². The number of fused-ring (bicyclic) bond motifs is 1. The minimum atomic E-state index is -3.74. The topological polar surface area (TPSA) is 87.7 Å². The number of carbonyl (C=O) groups is 2. The second-order valence-electron chi connectivity index (χ2n) is 8.10. The van der Waals surface area contributed by atoms with Crippen LogP contribution in [0.2, 0.25) is 0 Å². The van der Waals surface area contributed by atoms with Crippen LogP contribution in [-0.4, -0.2) is 60.5 Å². The molecule has 1 aliphatic rings. The lowest BCUT2D eigenvalue weighted by Gasteiger charge is -2.34. The second-order valence-corrected chi connectivity index (χ2v) is 11.0. The standard InChI is InChI=1S/C23H25N3O4S2/c1-14-12-15(2)24-22-20(14)16(3)21(31-22)23(28)25-8-10-26(11-9-25)32(29,30)19-7-5-6-18(13-19)17(4)27/h5-7,12-13H,8-11H2,1-4H3. The Labute approximate surface area is 191 Å². The van der Waals surface area contributed by atoms with Crippen LogP contribution < -0.4 is 0 Å². The van der Waals surface area contributed by atoms with Crippen LogP contribution in [0.1, 0.15) is 43.8 Å². The number of carbonyl (C=O) groups excluding carboxylic acids is 2. The fraction of sp³-hybridized carbons (Fsp3) is 0.348. The van der Waals surface area contributed by atoms with Crippen LogP contribution in [0.4, 0.5) is 0 Å². The maximum Gasteiger partial charge on any atom is 0.264 e. The minimum Gasteiger partial charge on any atom is -0.335 e. The number of benzene rings is 1. The molecule has 32 heavy (non-hydrogen) atoms. The van der Waals surface area contributed by atoms with Gasteiger partial charge in [0.05, 0.1) is 9.77 Å². The van der Waals surface area contributed by atoms with E-state index in [1.165, 1.54) is 34.7 Å². The van der Waals surface area contributed by atoms with Gasteiger partial charge < -0.3 is 4.90 Å². The first-order chi connectivity index (χ1) is 15.1. The number of piperazine rings is 1. The first-order valence-electron chi connectivity index (χ1n) is 10.4. The summed E-state index contributed by atoms with van der Waals surface area (Å²) in [5, 5.41) is 1.02. The first-order valence-corrected chi connectivity index (χ1v) is 12.6. The van der Waals surface area contributed by atoms with Gasteiger partial charge in [-0.25, -0.2) is 13.4 Å². The largest absolute Gasteiger partial charge is 0.335 e. The van der Waals surface area contributed by atoms with Crippen molar-refractivity contribution in [2.75, 3.05) is 26.2 Å². The molecule has 2 aromatic heterocycles. The Kier molecular flexibility index (Phi) is 5.91. The van der Waals surface area contributed by atoms with E-state index in [1.807, 2.05) is 26.8 Å². The number of rotatable bonds is 4. The summed E-state index contributed by atoms with van der Waals surface area (Å²) in [7, 11) is -3.74. The first kappa shape index (κ1) is 22.6. The molecule has 4 rings (SSSR count). The number of aryl methyl sites for hydroxylation is 3. The number of amides is 1. The lowest BCUT2D eigenvalue weighted by atomic mass is 10.1. The van der Waals surface area contributed by atoms with E-state index in [2.05, 4.69) is 4.98 Å². The Bertz CT molecular complexity index is 1340. The van der Waals surface area contributed by atoms with E-state index in [-0.39, 0.29) is 29.7 Å². The van der Waals surface area contributed by atoms with E-state index in [4.69, 9.17) is 0 Å². The predicted octanol–water partition coefficient (Wildman–Crippen LogP) is 3.57. The van der Waals surface area contributed by atoms with Gasteiger partial charge in [0.25, 0.3) is 5.91 Å². The highest BCUT2D eigenvalue weighted by Crippen LogP contribution is 2.33. The molecule has 0 atom stereocenters. The van der Waals surface area contributed by atoms with Crippen LogP contribution in [0.15, 0.2) is 35.2 Å². The van der Waals surface area contributed by atoms with Crippen LogP contribution in [-0.2, 0) is 10.0 Å². The Balaban J connectivity index is 1.53. The fourth-order valence-corrected chi connectivity index (χ4v) is 6.86. The quantitative estimate of drug-likeness (QED) is 0.543. The van der Waals surface area contributed by atoms with Crippen molar-refractivity contribution in [3.05, 3.63) is 57.6 Å². The minimum absolute atomic E-state index is 0.0850. The zero-order chi connectivity index (χ0) is 23.2. The van der Waals surface area contributed by atoms with Crippen molar-refractivity contribution in [1.82, 2.24) is 14.2 Å². The van der Waals surface area contributed by atoms with Crippen LogP contribution >= 0.6 is 11.3 Å². The van der Waals surface area contributed by atoms with Gasteiger partial charge in [-0.15, -0.1) is 11.3 Å². The molecule has 1 saturated heterocycles. The Morgan fingerprint density at radius 1 is 1.03 bits per heavy atom. The zero-order valence-electron chi connectivity index (χ0n) is 18.5. The van der Waals surface area contributed by atoms with Crippen LogP contribution in [0.25, 0.3) is 10.2 Å². The number of hydrogen-bond donors (Lipinski definition) is 0. The Morgan fingerprint density at radius 3 is 2.38 bits per heavy atom. The molecule has 3 heterocycles. The van der Waals surface area contributed by atoms with Crippen molar-refractivity contribution in [2.24, 2.45) is 0 Å². The number of nitrogens with zero attached hydrogens (tertiary/aromatic N) is 3. The maximum absolute atomic E-state index is 13.2. The van der Waals surface area contributed by atoms with Crippen molar-refractivity contribution >= 4 is 43.3 Å². The van der Waals surface area contributed by atoms with Crippen molar-refractivity contribution < 1.29 is 18.0 Å². The number of thiophene rings is 1. The van der Waals surface area contributed by atoms with Gasteiger partial charge in [-0.05, 0) is 57.0 Å². The van der Waals surface area contributed by atoms with E-state index in [1.54, 1.807) is 17.0 Å². The lowest BCUT2D eigenvalue weighted by molar-refractivity contribution is 0.0702. The molecule has 1 aromatic carbocycles. The highest BCUT2D eigenvalue weighted by atomic mass is 32.2. The van der Waals surface area contributed by atoms with Gasteiger partial charge >= 0.3 is 0 Å². The number of pyridine rings is 1. The summed E-state index contributed by atoms with van der Waals surface area (Å²) in [6.07, 6.45) is 0. The maximum atomic E-state index is 13.2. The van der Waals surface area contributed by atoms with Gasteiger partial charge in [0.15, 0.2) is 5.78 Å². The molecular formula is C23H25N3O4S2. The molecule has 168 valence electrons. The number of hydrogen-bond acceptors (Lipinski definition) is 6.